The molecule has 0 radical (unpaired) electrons. The number of benzene rings is 4. The van der Waals surface area contributed by atoms with Crippen LogP contribution in [0.5, 0.6) is 23.0 Å². The molecule has 4 aromatic rings. The topological polar surface area (TPSA) is 146 Å². The molecule has 4 aliphatic rings. The smallest absolute Gasteiger partial charge is 0.260 e. The Morgan fingerprint density at radius 2 is 1.61 bits per heavy atom. The number of carbonyl (C=O) groups is 4. The van der Waals surface area contributed by atoms with Crippen molar-refractivity contribution >= 4 is 68.4 Å². The molecule has 3 N–H and O–H groups in total. The number of carbonyl (C=O) groups excluding carboxylic acids is 4. The molecule has 2 saturated heterocycles. The second-order valence-corrected chi connectivity index (χ2v) is 16.3. The molecule has 1 saturated carbocycles. The van der Waals surface area contributed by atoms with Crippen LogP contribution in [0.25, 0.3) is 0 Å². The number of phenolic OH excluding ortho intramolecular Hbond substituents is 2. The number of rotatable bonds is 9. The number of methoxy groups -OCH3 is 2. The number of halogens is 3. The van der Waals surface area contributed by atoms with E-state index in [2.05, 4.69) is 21.4 Å². The molecule has 0 bridgehead atoms. The minimum Gasteiger partial charge on any atom is -0.508 e. The number of hydrogen-bond acceptors (Lipinski definition) is 9. The van der Waals surface area contributed by atoms with Crippen LogP contribution >= 0.6 is 39.1 Å². The van der Waals surface area contributed by atoms with E-state index in [9.17, 15) is 24.6 Å². The number of allylic oxidation sites excluding steroid dienone is 2. The molecule has 4 aromatic carbocycles. The number of anilines is 1. The van der Waals surface area contributed by atoms with Crippen molar-refractivity contribution in [3.63, 3.8) is 0 Å². The molecule has 56 heavy (non-hydrogen) atoms. The zero-order valence-electron chi connectivity index (χ0n) is 30.2. The van der Waals surface area contributed by atoms with Crippen molar-refractivity contribution in [3.8, 4) is 23.0 Å². The zero-order valence-corrected chi connectivity index (χ0v) is 33.3. The number of hydrogen-bond donors (Lipinski definition) is 3. The molecular formula is C42H36BrCl2N3O8. The maximum Gasteiger partial charge on any atom is 0.260 e. The normalized spacial score (nSPS) is 25.4. The first kappa shape index (κ1) is 37.9. The summed E-state index contributed by atoms with van der Waals surface area (Å²) in [6, 6.07) is 21.5. The van der Waals surface area contributed by atoms with E-state index in [0.29, 0.717) is 38.4 Å². The van der Waals surface area contributed by atoms with Gasteiger partial charge in [-0.15, -0.1) is 0 Å². The molecule has 2 aliphatic heterocycles. The van der Waals surface area contributed by atoms with Crippen molar-refractivity contribution in [2.45, 2.75) is 30.6 Å². The number of fused-ring (bicyclic) bond motifs is 4. The molecule has 6 unspecified atom stereocenters. The summed E-state index contributed by atoms with van der Waals surface area (Å²) in [6.07, 6.45) is 2.58. The third kappa shape index (κ3) is 5.92. The maximum atomic E-state index is 15.5. The van der Waals surface area contributed by atoms with Crippen LogP contribution < -0.4 is 14.9 Å². The van der Waals surface area contributed by atoms with Gasteiger partial charge in [0.05, 0.1) is 48.1 Å². The van der Waals surface area contributed by atoms with E-state index < -0.39 is 46.8 Å². The zero-order chi connectivity index (χ0) is 39.6. The molecule has 4 amide bonds. The lowest BCUT2D eigenvalue weighted by molar-refractivity contribution is -0.141. The van der Waals surface area contributed by atoms with Gasteiger partial charge >= 0.3 is 0 Å². The Hall–Kier alpha value is -5.04. The van der Waals surface area contributed by atoms with Crippen molar-refractivity contribution in [1.29, 1.82) is 0 Å². The minimum atomic E-state index is -1.67. The predicted octanol–water partition coefficient (Wildman–Crippen LogP) is 7.41. The van der Waals surface area contributed by atoms with Crippen molar-refractivity contribution in [2.75, 3.05) is 26.2 Å². The molecule has 3 fully saturated rings. The van der Waals surface area contributed by atoms with Crippen LogP contribution in [0.1, 0.15) is 35.4 Å². The number of hydrazine groups is 1. The quantitative estimate of drug-likeness (QED) is 0.116. The fourth-order valence-corrected chi connectivity index (χ4v) is 10.3. The van der Waals surface area contributed by atoms with Crippen LogP contribution in [-0.4, -0.2) is 64.5 Å². The summed E-state index contributed by atoms with van der Waals surface area (Å²) >= 11 is 16.3. The number of nitrogens with one attached hydrogen (secondary N) is 1. The summed E-state index contributed by atoms with van der Waals surface area (Å²) in [4.78, 5) is 60.4. The number of imide groups is 2. The van der Waals surface area contributed by atoms with Crippen LogP contribution in [-0.2, 0) is 31.0 Å². The van der Waals surface area contributed by atoms with E-state index in [0.717, 1.165) is 10.6 Å². The standard InChI is InChI=1S/C42H36BrCl2N3O8/c1-55-26-10-5-22(6-11-26)42-31(39(52)48(41(42)54)46-33-14-7-24(44)19-32(33)45)20-29-27(36(42)30-17-23(43)18-34(56-2)37(30)50)12-13-28-35(29)40(53)47(38(28)51)16-15-21-3-8-25(49)9-4-21/h3-12,14,17-19,28-29,31,35-36,46,49-50H,13,15-16,20H2,1-2H3. The molecule has 6 atom stereocenters. The second kappa shape index (κ2) is 14.5. The largest absolute Gasteiger partial charge is 0.508 e. The lowest BCUT2D eigenvalue weighted by atomic mass is 9.49. The Bertz CT molecular complexity index is 2320. The van der Waals surface area contributed by atoms with E-state index in [1.165, 1.54) is 25.2 Å². The van der Waals surface area contributed by atoms with Gasteiger partial charge in [0.25, 0.3) is 11.8 Å². The third-order valence-corrected chi connectivity index (χ3v) is 12.8. The lowest BCUT2D eigenvalue weighted by Crippen LogP contribution is -2.53. The summed E-state index contributed by atoms with van der Waals surface area (Å²) in [5.41, 5.74) is 3.88. The summed E-state index contributed by atoms with van der Waals surface area (Å²) in [6.45, 7) is 0.140. The second-order valence-electron chi connectivity index (χ2n) is 14.5. The fourth-order valence-electron chi connectivity index (χ4n) is 9.35. The first-order valence-corrected chi connectivity index (χ1v) is 19.6. The van der Waals surface area contributed by atoms with Gasteiger partial charge in [0.2, 0.25) is 11.8 Å². The van der Waals surface area contributed by atoms with Crippen molar-refractivity contribution in [2.24, 2.45) is 23.7 Å². The Labute approximate surface area is 340 Å². The highest BCUT2D eigenvalue weighted by Gasteiger charge is 2.70. The van der Waals surface area contributed by atoms with Gasteiger partial charge < -0.3 is 19.7 Å². The molecule has 0 spiro atoms. The van der Waals surface area contributed by atoms with Gasteiger partial charge in [-0.25, -0.2) is 0 Å². The van der Waals surface area contributed by atoms with Crippen LogP contribution in [0.4, 0.5) is 5.69 Å². The van der Waals surface area contributed by atoms with Crippen molar-refractivity contribution in [1.82, 2.24) is 9.91 Å². The number of phenols is 2. The van der Waals surface area contributed by atoms with Crippen LogP contribution in [0, 0.1) is 23.7 Å². The van der Waals surface area contributed by atoms with E-state index in [1.54, 1.807) is 72.8 Å². The highest BCUT2D eigenvalue weighted by molar-refractivity contribution is 9.10. The van der Waals surface area contributed by atoms with Gasteiger partial charge in [0.1, 0.15) is 11.5 Å². The maximum absolute atomic E-state index is 15.5. The Morgan fingerprint density at radius 3 is 2.29 bits per heavy atom. The van der Waals surface area contributed by atoms with Crippen molar-refractivity contribution in [3.05, 3.63) is 122 Å². The number of aromatic hydroxyl groups is 2. The Kier molecular flexibility index (Phi) is 9.79. The monoisotopic (exact) mass is 859 g/mol. The van der Waals surface area contributed by atoms with E-state index >= 15 is 4.79 Å². The summed E-state index contributed by atoms with van der Waals surface area (Å²) < 4.78 is 11.6. The molecule has 14 heteroatoms. The lowest BCUT2D eigenvalue weighted by Gasteiger charge is -2.50. The van der Waals surface area contributed by atoms with Gasteiger partial charge in [-0.3, -0.25) is 29.5 Å². The van der Waals surface area contributed by atoms with E-state index in [1.807, 2.05) is 6.08 Å². The minimum absolute atomic E-state index is 0.0589. The molecule has 11 nitrogen and oxygen atoms in total. The number of amides is 4. The Balaban J connectivity index is 1.30. The molecule has 0 aromatic heterocycles. The average molecular weight is 862 g/mol. The first-order chi connectivity index (χ1) is 26.9. The van der Waals surface area contributed by atoms with Crippen LogP contribution in [0.3, 0.4) is 0 Å². The molecule has 2 aliphatic carbocycles. The molecule has 8 rings (SSSR count). The van der Waals surface area contributed by atoms with Crippen LogP contribution in [0.15, 0.2) is 95.0 Å². The molecular weight excluding hydrogens is 825 g/mol. The van der Waals surface area contributed by atoms with Crippen LogP contribution in [0.2, 0.25) is 10.0 Å². The SMILES string of the molecule is COc1ccc(C23C(=O)N(Nc4ccc(Cl)cc4Cl)C(=O)C2CC2C(=CCC4C(=O)N(CCc5ccc(O)cc5)C(=O)C42)C3c2cc(Br)cc(OC)c2O)cc1. The van der Waals surface area contributed by atoms with Gasteiger partial charge in [-0.1, -0.05) is 75.0 Å². The van der Waals surface area contributed by atoms with Gasteiger partial charge in [0, 0.05) is 27.5 Å². The first-order valence-electron chi connectivity index (χ1n) is 18.0. The number of likely N-dealkylation sites (tertiary alicyclic amines) is 1. The predicted molar refractivity (Wildman–Crippen MR) is 212 cm³/mol. The summed E-state index contributed by atoms with van der Waals surface area (Å²) in [5.74, 6) is -5.48. The summed E-state index contributed by atoms with van der Waals surface area (Å²) in [5, 5.41) is 23.2. The van der Waals surface area contributed by atoms with Gasteiger partial charge in [0.15, 0.2) is 11.5 Å². The Morgan fingerprint density at radius 1 is 0.875 bits per heavy atom. The van der Waals surface area contributed by atoms with E-state index in [-0.39, 0.29) is 59.2 Å². The average Bonchev–Trinajstić information content (AvgIpc) is 3.56. The molecule has 2 heterocycles. The van der Waals surface area contributed by atoms with Gasteiger partial charge in [-0.05, 0) is 90.9 Å². The third-order valence-electron chi connectivity index (χ3n) is 11.8. The van der Waals surface area contributed by atoms with E-state index in [4.69, 9.17) is 32.7 Å². The number of ether oxygens (including phenoxy) is 2. The van der Waals surface area contributed by atoms with Crippen molar-refractivity contribution < 1.29 is 38.9 Å². The highest BCUT2D eigenvalue weighted by Crippen LogP contribution is 2.65. The highest BCUT2D eigenvalue weighted by atomic mass is 79.9. The molecule has 288 valence electrons. The number of nitrogens with zero attached hydrogens (tertiary/aromatic N) is 2. The van der Waals surface area contributed by atoms with Gasteiger partial charge in [-0.2, -0.15) is 5.01 Å². The fraction of sp³-hybridized carbons (Fsp3) is 0.286. The summed E-state index contributed by atoms with van der Waals surface area (Å²) in [7, 11) is 2.95.